The molecular weight excluding hydrogens is 475 g/mol. The number of halogens is 1. The number of nitrogens with zero attached hydrogens (tertiary/aromatic N) is 4. The molecule has 1 amide bonds. The van der Waals surface area contributed by atoms with Crippen LogP contribution in [0.5, 0.6) is 0 Å². The monoisotopic (exact) mass is 502 g/mol. The minimum atomic E-state index is -0.630. The molecule has 4 aromatic rings. The number of hydrogen-bond donors (Lipinski definition) is 3. The number of pyridine rings is 2. The van der Waals surface area contributed by atoms with Gasteiger partial charge >= 0.3 is 5.97 Å². The van der Waals surface area contributed by atoms with Crippen molar-refractivity contribution in [2.24, 2.45) is 11.8 Å². The lowest BCUT2D eigenvalue weighted by molar-refractivity contribution is -0.138. The van der Waals surface area contributed by atoms with E-state index in [1.54, 1.807) is 23.6 Å². The third kappa shape index (κ3) is 6.08. The van der Waals surface area contributed by atoms with Crippen LogP contribution in [0.15, 0.2) is 54.6 Å². The van der Waals surface area contributed by atoms with Crippen LogP contribution < -0.4 is 10.6 Å². The van der Waals surface area contributed by atoms with Gasteiger partial charge in [-0.3, -0.25) is 14.9 Å². The summed E-state index contributed by atoms with van der Waals surface area (Å²) < 4.78 is 15.6. The van der Waals surface area contributed by atoms with Gasteiger partial charge in [0.15, 0.2) is 5.65 Å². The highest BCUT2D eigenvalue weighted by atomic mass is 19.1. The van der Waals surface area contributed by atoms with E-state index in [1.165, 1.54) is 0 Å². The number of carboxylic acids is 1. The smallest absolute Gasteiger partial charge is 0.306 e. The number of aryl methyl sites for hydroxylation is 1. The van der Waals surface area contributed by atoms with Crippen molar-refractivity contribution in [3.05, 3.63) is 71.8 Å². The Labute approximate surface area is 212 Å². The van der Waals surface area contributed by atoms with Crippen LogP contribution >= 0.6 is 0 Å². The van der Waals surface area contributed by atoms with Crippen LogP contribution in [0, 0.1) is 24.7 Å². The summed E-state index contributed by atoms with van der Waals surface area (Å²) in [5.41, 5.74) is 4.52. The number of amides is 1. The molecule has 9 nitrogen and oxygen atoms in total. The quantitative estimate of drug-likeness (QED) is 0.314. The average molecular weight is 503 g/mol. The van der Waals surface area contributed by atoms with Gasteiger partial charge in [0.1, 0.15) is 0 Å². The Balaban J connectivity index is 0.000000412. The lowest BCUT2D eigenvalue weighted by Gasteiger charge is -2.09. The first-order valence-corrected chi connectivity index (χ1v) is 12.2. The maximum absolute atomic E-state index is 13.9. The predicted molar refractivity (Wildman–Crippen MR) is 136 cm³/mol. The van der Waals surface area contributed by atoms with Crippen molar-refractivity contribution >= 4 is 29.2 Å². The molecule has 0 unspecified atom stereocenters. The second-order valence-corrected chi connectivity index (χ2v) is 9.33. The van der Waals surface area contributed by atoms with Crippen LogP contribution in [-0.2, 0) is 16.1 Å². The Morgan fingerprint density at radius 3 is 2.35 bits per heavy atom. The molecule has 2 fully saturated rings. The zero-order valence-corrected chi connectivity index (χ0v) is 20.3. The second-order valence-electron chi connectivity index (χ2n) is 9.33. The van der Waals surface area contributed by atoms with Gasteiger partial charge in [0, 0.05) is 23.7 Å². The van der Waals surface area contributed by atoms with Crippen LogP contribution in [-0.4, -0.2) is 36.6 Å². The minimum Gasteiger partial charge on any atom is -0.481 e. The molecule has 10 heteroatoms. The molecule has 6 rings (SSSR count). The zero-order valence-electron chi connectivity index (χ0n) is 20.3. The van der Waals surface area contributed by atoms with E-state index in [0.717, 1.165) is 42.5 Å². The second kappa shape index (κ2) is 10.3. The van der Waals surface area contributed by atoms with E-state index in [0.29, 0.717) is 29.5 Å². The van der Waals surface area contributed by atoms with E-state index >= 15 is 0 Å². The molecule has 0 bridgehead atoms. The van der Waals surface area contributed by atoms with Gasteiger partial charge in [-0.1, -0.05) is 30.3 Å². The number of carbonyl (C=O) groups is 2. The first kappa shape index (κ1) is 24.4. The molecular formula is C27H27FN6O3. The number of aromatic nitrogens is 4. The number of hydrogen-bond acceptors (Lipinski definition) is 6. The molecule has 0 radical (unpaired) electrons. The Hall–Kier alpha value is -4.34. The van der Waals surface area contributed by atoms with Crippen molar-refractivity contribution in [3.63, 3.8) is 0 Å². The van der Waals surface area contributed by atoms with E-state index in [2.05, 4.69) is 25.7 Å². The molecule has 3 N–H and O–H groups in total. The number of anilines is 2. The first-order chi connectivity index (χ1) is 17.9. The molecule has 2 aliphatic rings. The van der Waals surface area contributed by atoms with Gasteiger partial charge in [-0.05, 0) is 62.4 Å². The van der Waals surface area contributed by atoms with E-state index in [-0.39, 0.29) is 17.7 Å². The van der Waals surface area contributed by atoms with Crippen molar-refractivity contribution in [1.82, 2.24) is 19.6 Å². The highest BCUT2D eigenvalue weighted by Crippen LogP contribution is 2.30. The maximum Gasteiger partial charge on any atom is 0.306 e. The Bertz CT molecular complexity index is 1440. The third-order valence-corrected chi connectivity index (χ3v) is 6.19. The average Bonchev–Trinajstić information content (AvgIpc) is 3.80. The van der Waals surface area contributed by atoms with Crippen LogP contribution in [0.25, 0.3) is 16.9 Å². The van der Waals surface area contributed by atoms with Gasteiger partial charge in [0.05, 0.1) is 17.3 Å². The van der Waals surface area contributed by atoms with Crippen LogP contribution in [0.1, 0.15) is 36.9 Å². The SMILES string of the molecule is Cc1ccc(NCc2ccc(-c3cccc4nc(NC(=O)C5CC5)nn34)cc2)c(F)n1.O=C(O)C1CC1. The molecule has 3 heterocycles. The molecule has 3 aromatic heterocycles. The minimum absolute atomic E-state index is 0.0185. The van der Waals surface area contributed by atoms with E-state index in [1.807, 2.05) is 42.5 Å². The lowest BCUT2D eigenvalue weighted by Crippen LogP contribution is -2.14. The van der Waals surface area contributed by atoms with E-state index < -0.39 is 11.9 Å². The van der Waals surface area contributed by atoms with Gasteiger partial charge < -0.3 is 10.4 Å². The number of nitrogens with one attached hydrogen (secondary N) is 2. The third-order valence-electron chi connectivity index (χ3n) is 6.19. The molecule has 0 saturated heterocycles. The molecule has 37 heavy (non-hydrogen) atoms. The summed E-state index contributed by atoms with van der Waals surface area (Å²) in [6.07, 6.45) is 3.65. The first-order valence-electron chi connectivity index (χ1n) is 12.2. The fourth-order valence-corrected chi connectivity index (χ4v) is 3.71. The van der Waals surface area contributed by atoms with Crippen LogP contribution in [0.4, 0.5) is 16.0 Å². The molecule has 0 spiro atoms. The molecule has 0 atom stereocenters. The summed E-state index contributed by atoms with van der Waals surface area (Å²) in [7, 11) is 0. The summed E-state index contributed by atoms with van der Waals surface area (Å²) in [6, 6.07) is 17.1. The number of fused-ring (bicyclic) bond motifs is 1. The zero-order chi connectivity index (χ0) is 25.9. The Kier molecular flexibility index (Phi) is 6.80. The number of benzene rings is 1. The summed E-state index contributed by atoms with van der Waals surface area (Å²) in [5.74, 6) is -0.719. The fraction of sp³-hybridized carbons (Fsp3) is 0.296. The van der Waals surface area contributed by atoms with Crippen molar-refractivity contribution in [2.75, 3.05) is 10.6 Å². The van der Waals surface area contributed by atoms with Gasteiger partial charge in [-0.2, -0.15) is 9.37 Å². The number of aliphatic carboxylic acids is 1. The van der Waals surface area contributed by atoms with Crippen molar-refractivity contribution in [3.8, 4) is 11.3 Å². The molecule has 190 valence electrons. The van der Waals surface area contributed by atoms with Crippen LogP contribution in [0.3, 0.4) is 0 Å². The standard InChI is InChI=1S/C23H21FN6O.C4H6O2/c1-14-5-12-18(21(24)26-14)25-13-15-6-8-16(9-7-15)19-3-2-4-20-27-23(29-30(19)20)28-22(31)17-10-11-17;5-4(6)3-1-2-3/h2-9,12,17,25H,10-11,13H2,1H3,(H,28,29,31);3H,1-2H2,(H,5,6). The lowest BCUT2D eigenvalue weighted by atomic mass is 10.1. The summed E-state index contributed by atoms with van der Waals surface area (Å²) in [6.45, 7) is 2.23. The largest absolute Gasteiger partial charge is 0.481 e. The Morgan fingerprint density at radius 1 is 1.00 bits per heavy atom. The van der Waals surface area contributed by atoms with Crippen molar-refractivity contribution in [2.45, 2.75) is 39.2 Å². The highest BCUT2D eigenvalue weighted by Gasteiger charge is 2.30. The van der Waals surface area contributed by atoms with Gasteiger partial charge in [-0.25, -0.2) is 9.50 Å². The highest BCUT2D eigenvalue weighted by molar-refractivity contribution is 5.92. The predicted octanol–water partition coefficient (Wildman–Crippen LogP) is 4.68. The molecule has 0 aliphatic heterocycles. The summed E-state index contributed by atoms with van der Waals surface area (Å²) in [4.78, 5) is 30.0. The maximum atomic E-state index is 13.9. The Morgan fingerprint density at radius 2 is 1.73 bits per heavy atom. The van der Waals surface area contributed by atoms with Crippen molar-refractivity contribution in [1.29, 1.82) is 0 Å². The number of carbonyl (C=O) groups excluding carboxylic acids is 1. The van der Waals surface area contributed by atoms with Gasteiger partial charge in [0.25, 0.3) is 0 Å². The molecule has 2 saturated carbocycles. The van der Waals surface area contributed by atoms with Crippen molar-refractivity contribution < 1.29 is 19.1 Å². The number of carboxylic acid groups (broad SMARTS) is 1. The summed E-state index contributed by atoms with van der Waals surface area (Å²) in [5, 5.41) is 18.4. The van der Waals surface area contributed by atoms with E-state index in [9.17, 15) is 14.0 Å². The fourth-order valence-electron chi connectivity index (χ4n) is 3.71. The summed E-state index contributed by atoms with van der Waals surface area (Å²) >= 11 is 0. The molecule has 1 aromatic carbocycles. The van der Waals surface area contributed by atoms with Crippen LogP contribution in [0.2, 0.25) is 0 Å². The van der Waals surface area contributed by atoms with Gasteiger partial charge in [-0.15, -0.1) is 5.10 Å². The molecule has 2 aliphatic carbocycles. The normalized spacial score (nSPS) is 14.5. The van der Waals surface area contributed by atoms with E-state index in [4.69, 9.17) is 5.11 Å². The number of rotatable bonds is 7. The van der Waals surface area contributed by atoms with Gasteiger partial charge in [0.2, 0.25) is 17.8 Å². The topological polar surface area (TPSA) is 122 Å².